The lowest BCUT2D eigenvalue weighted by Crippen LogP contribution is -1.92. The molecule has 1 aromatic heterocycles. The minimum absolute atomic E-state index is 0.0427. The number of nitro benzene ring substituents is 1. The van der Waals surface area contributed by atoms with Crippen LogP contribution in [0.15, 0.2) is 39.4 Å². The lowest BCUT2D eigenvalue weighted by molar-refractivity contribution is -0.387. The van der Waals surface area contributed by atoms with Crippen LogP contribution >= 0.6 is 23.1 Å². The largest absolute Gasteiger partial charge is 0.497 e. The first-order chi connectivity index (χ1) is 9.51. The Kier molecular flexibility index (Phi) is 4.26. The maximum Gasteiger partial charge on any atom is 0.345 e. The van der Waals surface area contributed by atoms with E-state index in [1.165, 1.54) is 25.3 Å². The van der Waals surface area contributed by atoms with Gasteiger partial charge >= 0.3 is 5.97 Å². The van der Waals surface area contributed by atoms with Gasteiger partial charge in [-0.2, -0.15) is 0 Å². The highest BCUT2D eigenvalue weighted by Gasteiger charge is 2.17. The molecule has 2 aromatic rings. The molecule has 8 heteroatoms. The number of carboxylic acid groups (broad SMARTS) is 1. The fourth-order valence-electron chi connectivity index (χ4n) is 1.47. The molecule has 0 saturated heterocycles. The molecule has 0 aliphatic rings. The molecule has 0 spiro atoms. The quantitative estimate of drug-likeness (QED) is 0.671. The van der Waals surface area contributed by atoms with Crippen molar-refractivity contribution in [2.75, 3.05) is 7.11 Å². The fraction of sp³-hybridized carbons (Fsp3) is 0.0833. The molecule has 0 saturated carbocycles. The van der Waals surface area contributed by atoms with Gasteiger partial charge in [-0.25, -0.2) is 4.79 Å². The number of methoxy groups -OCH3 is 1. The Morgan fingerprint density at radius 3 is 2.75 bits per heavy atom. The zero-order valence-corrected chi connectivity index (χ0v) is 11.9. The van der Waals surface area contributed by atoms with Gasteiger partial charge in [0.25, 0.3) is 5.69 Å². The third-order valence-corrected chi connectivity index (χ3v) is 4.46. The molecule has 6 nitrogen and oxygen atoms in total. The van der Waals surface area contributed by atoms with Crippen LogP contribution in [0.25, 0.3) is 0 Å². The van der Waals surface area contributed by atoms with E-state index in [0.717, 1.165) is 23.1 Å². The van der Waals surface area contributed by atoms with E-state index < -0.39 is 10.9 Å². The molecule has 1 N–H and O–H groups in total. The number of hydrogen-bond donors (Lipinski definition) is 1. The molecule has 0 amide bonds. The van der Waals surface area contributed by atoms with Crippen LogP contribution < -0.4 is 4.74 Å². The summed E-state index contributed by atoms with van der Waals surface area (Å²) in [5.74, 6) is -0.506. The summed E-state index contributed by atoms with van der Waals surface area (Å²) in [5, 5.41) is 21.5. The Balaban J connectivity index is 2.35. The Bertz CT molecular complexity index is 668. The zero-order chi connectivity index (χ0) is 14.7. The fourth-order valence-corrected chi connectivity index (χ4v) is 3.34. The normalized spacial score (nSPS) is 10.2. The van der Waals surface area contributed by atoms with Crippen molar-refractivity contribution in [2.45, 2.75) is 9.79 Å². The van der Waals surface area contributed by atoms with Gasteiger partial charge in [-0.1, -0.05) is 11.8 Å². The van der Waals surface area contributed by atoms with Crippen molar-refractivity contribution >= 4 is 34.8 Å². The second-order valence-corrected chi connectivity index (χ2v) is 5.67. The third kappa shape index (κ3) is 3.09. The summed E-state index contributed by atoms with van der Waals surface area (Å²) in [6.45, 7) is 0. The molecular weight excluding hydrogens is 302 g/mol. The van der Waals surface area contributed by atoms with Gasteiger partial charge in [-0.15, -0.1) is 11.3 Å². The topological polar surface area (TPSA) is 89.7 Å². The highest BCUT2D eigenvalue weighted by molar-refractivity contribution is 7.99. The second-order valence-electron chi connectivity index (χ2n) is 3.64. The first-order valence-corrected chi connectivity index (χ1v) is 7.03. The van der Waals surface area contributed by atoms with Crippen LogP contribution in [-0.2, 0) is 0 Å². The number of thiophene rings is 1. The van der Waals surface area contributed by atoms with Gasteiger partial charge in [-0.05, 0) is 12.1 Å². The van der Waals surface area contributed by atoms with Crippen molar-refractivity contribution in [1.29, 1.82) is 0 Å². The summed E-state index contributed by atoms with van der Waals surface area (Å²) in [5.41, 5.74) is -0.0427. The van der Waals surface area contributed by atoms with Gasteiger partial charge in [-0.3, -0.25) is 10.1 Å². The van der Waals surface area contributed by atoms with Crippen molar-refractivity contribution < 1.29 is 19.6 Å². The molecule has 0 bridgehead atoms. The summed E-state index contributed by atoms with van der Waals surface area (Å²) in [6.07, 6.45) is 0. The van der Waals surface area contributed by atoms with Crippen molar-refractivity contribution in [3.63, 3.8) is 0 Å². The number of carboxylic acids is 1. The van der Waals surface area contributed by atoms with Crippen LogP contribution in [-0.4, -0.2) is 23.1 Å². The number of benzene rings is 1. The van der Waals surface area contributed by atoms with E-state index in [-0.39, 0.29) is 10.6 Å². The van der Waals surface area contributed by atoms with E-state index in [1.54, 1.807) is 11.4 Å². The standard InChI is InChI=1S/C12H9NO5S2/c1-18-7-2-3-9(13(16)17)10(4-7)20-8-5-11(12(14)15)19-6-8/h2-6H,1H3,(H,14,15). The Morgan fingerprint density at radius 1 is 1.45 bits per heavy atom. The van der Waals surface area contributed by atoms with Crippen LogP contribution in [0.2, 0.25) is 0 Å². The van der Waals surface area contributed by atoms with Crippen LogP contribution in [0.4, 0.5) is 5.69 Å². The number of aromatic carboxylic acids is 1. The van der Waals surface area contributed by atoms with Crippen LogP contribution in [0, 0.1) is 10.1 Å². The van der Waals surface area contributed by atoms with Gasteiger partial charge in [0.1, 0.15) is 10.6 Å². The predicted octanol–water partition coefficient (Wildman–Crippen LogP) is 3.51. The lowest BCUT2D eigenvalue weighted by Gasteiger charge is -2.04. The van der Waals surface area contributed by atoms with E-state index in [2.05, 4.69) is 0 Å². The van der Waals surface area contributed by atoms with Crippen LogP contribution in [0.1, 0.15) is 9.67 Å². The number of hydrogen-bond acceptors (Lipinski definition) is 6. The molecule has 0 aliphatic carbocycles. The summed E-state index contributed by atoms with van der Waals surface area (Å²) in [4.78, 5) is 22.6. The van der Waals surface area contributed by atoms with Gasteiger partial charge < -0.3 is 9.84 Å². The highest BCUT2D eigenvalue weighted by atomic mass is 32.2. The van der Waals surface area contributed by atoms with Crippen LogP contribution in [0.3, 0.4) is 0 Å². The molecule has 20 heavy (non-hydrogen) atoms. The molecule has 0 atom stereocenters. The smallest absolute Gasteiger partial charge is 0.345 e. The summed E-state index contributed by atoms with van der Waals surface area (Å²) in [7, 11) is 1.47. The van der Waals surface area contributed by atoms with Crippen molar-refractivity contribution in [3.8, 4) is 5.75 Å². The third-order valence-electron chi connectivity index (χ3n) is 2.38. The van der Waals surface area contributed by atoms with Crippen molar-refractivity contribution in [2.24, 2.45) is 0 Å². The highest BCUT2D eigenvalue weighted by Crippen LogP contribution is 2.38. The minimum Gasteiger partial charge on any atom is -0.497 e. The molecule has 0 aliphatic heterocycles. The Labute approximate surface area is 122 Å². The van der Waals surface area contributed by atoms with Crippen molar-refractivity contribution in [1.82, 2.24) is 0 Å². The van der Waals surface area contributed by atoms with Gasteiger partial charge in [0, 0.05) is 22.4 Å². The van der Waals surface area contributed by atoms with E-state index in [9.17, 15) is 14.9 Å². The minimum atomic E-state index is -1.01. The van der Waals surface area contributed by atoms with E-state index >= 15 is 0 Å². The van der Waals surface area contributed by atoms with Crippen LogP contribution in [0.5, 0.6) is 5.75 Å². The number of rotatable bonds is 5. The number of nitro groups is 1. The molecule has 0 radical (unpaired) electrons. The Hall–Kier alpha value is -2.06. The average molecular weight is 311 g/mol. The predicted molar refractivity (Wildman–Crippen MR) is 75.0 cm³/mol. The molecule has 0 unspecified atom stereocenters. The van der Waals surface area contributed by atoms with Crippen molar-refractivity contribution in [3.05, 3.63) is 44.6 Å². The number of ether oxygens (including phenoxy) is 1. The first-order valence-electron chi connectivity index (χ1n) is 5.33. The molecular formula is C12H9NO5S2. The SMILES string of the molecule is COc1ccc([N+](=O)[O-])c(Sc2csc(C(=O)O)c2)c1. The van der Waals surface area contributed by atoms with E-state index in [4.69, 9.17) is 9.84 Å². The molecule has 2 rings (SSSR count). The maximum atomic E-state index is 11.0. The van der Waals surface area contributed by atoms with Gasteiger partial charge in [0.2, 0.25) is 0 Å². The molecule has 1 aromatic carbocycles. The van der Waals surface area contributed by atoms with Gasteiger partial charge in [0.05, 0.1) is 16.9 Å². The average Bonchev–Trinajstić information content (AvgIpc) is 2.87. The van der Waals surface area contributed by atoms with E-state index in [0.29, 0.717) is 15.5 Å². The molecule has 104 valence electrons. The molecule has 1 heterocycles. The monoisotopic (exact) mass is 311 g/mol. The number of carbonyl (C=O) groups is 1. The summed E-state index contributed by atoms with van der Waals surface area (Å²) in [6, 6.07) is 5.92. The lowest BCUT2D eigenvalue weighted by atomic mass is 10.3. The van der Waals surface area contributed by atoms with E-state index in [1.807, 2.05) is 0 Å². The number of nitrogens with zero attached hydrogens (tertiary/aromatic N) is 1. The summed E-state index contributed by atoms with van der Waals surface area (Å²) >= 11 is 2.22. The summed E-state index contributed by atoms with van der Waals surface area (Å²) < 4.78 is 5.04. The van der Waals surface area contributed by atoms with Gasteiger partial charge in [0.15, 0.2) is 0 Å². The Morgan fingerprint density at radius 2 is 2.20 bits per heavy atom. The first kappa shape index (κ1) is 14.4. The maximum absolute atomic E-state index is 11.0. The molecule has 0 fully saturated rings. The second kappa shape index (κ2) is 5.93. The zero-order valence-electron chi connectivity index (χ0n) is 10.2.